The van der Waals surface area contributed by atoms with Gasteiger partial charge in [-0.25, -0.2) is 0 Å². The minimum absolute atomic E-state index is 0.0773. The molecule has 2 N–H and O–H groups in total. The largest absolute Gasteiger partial charge is 0.493 e. The quantitative estimate of drug-likeness (QED) is 0.923. The lowest BCUT2D eigenvalue weighted by molar-refractivity contribution is 0.354. The Bertz CT molecular complexity index is 677. The van der Waals surface area contributed by atoms with Crippen LogP contribution in [0, 0.1) is 6.92 Å². The fourth-order valence-corrected chi connectivity index (χ4v) is 1.98. The maximum atomic E-state index is 11.9. The molecule has 0 radical (unpaired) electrons. The van der Waals surface area contributed by atoms with Crippen molar-refractivity contribution in [1.82, 2.24) is 4.57 Å². The first-order valence-electron chi connectivity index (χ1n) is 6.22. The highest BCUT2D eigenvalue weighted by Crippen LogP contribution is 2.27. The van der Waals surface area contributed by atoms with Gasteiger partial charge in [0.1, 0.15) is 0 Å². The number of hydrogen-bond donors (Lipinski definition) is 1. The second-order valence-corrected chi connectivity index (χ2v) is 4.57. The number of anilines is 1. The van der Waals surface area contributed by atoms with E-state index in [4.69, 9.17) is 15.2 Å². The van der Waals surface area contributed by atoms with E-state index in [0.717, 1.165) is 11.1 Å². The zero-order chi connectivity index (χ0) is 14.7. The Hall–Kier alpha value is -2.43. The van der Waals surface area contributed by atoms with Crippen LogP contribution in [0.15, 0.2) is 35.3 Å². The highest BCUT2D eigenvalue weighted by Gasteiger charge is 2.06. The number of pyridine rings is 1. The number of aromatic nitrogens is 1. The third kappa shape index (κ3) is 2.77. The molecule has 106 valence electrons. The number of methoxy groups -OCH3 is 2. The van der Waals surface area contributed by atoms with Crippen LogP contribution in [0.3, 0.4) is 0 Å². The second kappa shape index (κ2) is 5.69. The number of benzene rings is 1. The van der Waals surface area contributed by atoms with E-state index in [-0.39, 0.29) is 5.56 Å². The van der Waals surface area contributed by atoms with Crippen molar-refractivity contribution in [2.45, 2.75) is 13.5 Å². The number of nitrogens with zero attached hydrogens (tertiary/aromatic N) is 1. The van der Waals surface area contributed by atoms with E-state index in [1.54, 1.807) is 25.0 Å². The molecule has 0 atom stereocenters. The summed E-state index contributed by atoms with van der Waals surface area (Å²) in [5.41, 5.74) is 8.09. The summed E-state index contributed by atoms with van der Waals surface area (Å²) in [6.45, 7) is 2.25. The summed E-state index contributed by atoms with van der Waals surface area (Å²) in [6, 6.07) is 7.10. The first kappa shape index (κ1) is 14.0. The van der Waals surface area contributed by atoms with Crippen LogP contribution in [0.5, 0.6) is 11.5 Å². The molecule has 5 heteroatoms. The van der Waals surface area contributed by atoms with Gasteiger partial charge >= 0.3 is 0 Å². The molecule has 0 aliphatic carbocycles. The van der Waals surface area contributed by atoms with E-state index >= 15 is 0 Å². The smallest absolute Gasteiger partial charge is 0.251 e. The fraction of sp³-hybridized carbons (Fsp3) is 0.267. The van der Waals surface area contributed by atoms with Gasteiger partial charge in [-0.3, -0.25) is 4.79 Å². The molecule has 5 nitrogen and oxygen atoms in total. The maximum Gasteiger partial charge on any atom is 0.251 e. The molecule has 0 saturated carbocycles. The molecule has 0 unspecified atom stereocenters. The van der Waals surface area contributed by atoms with Gasteiger partial charge in [0, 0.05) is 12.3 Å². The summed E-state index contributed by atoms with van der Waals surface area (Å²) >= 11 is 0. The normalized spacial score (nSPS) is 10.3. The topological polar surface area (TPSA) is 66.5 Å². The van der Waals surface area contributed by atoms with E-state index in [0.29, 0.717) is 23.7 Å². The third-order valence-corrected chi connectivity index (χ3v) is 3.17. The van der Waals surface area contributed by atoms with E-state index < -0.39 is 0 Å². The average Bonchev–Trinajstić information content (AvgIpc) is 2.44. The Morgan fingerprint density at radius 2 is 1.85 bits per heavy atom. The van der Waals surface area contributed by atoms with Crippen LogP contribution < -0.4 is 20.8 Å². The highest BCUT2D eigenvalue weighted by atomic mass is 16.5. The lowest BCUT2D eigenvalue weighted by Crippen LogP contribution is -2.20. The Morgan fingerprint density at radius 1 is 1.15 bits per heavy atom. The van der Waals surface area contributed by atoms with Crippen molar-refractivity contribution in [3.63, 3.8) is 0 Å². The molecule has 0 aliphatic rings. The predicted molar refractivity (Wildman–Crippen MR) is 78.5 cm³/mol. The second-order valence-electron chi connectivity index (χ2n) is 4.57. The molecule has 20 heavy (non-hydrogen) atoms. The van der Waals surface area contributed by atoms with E-state index in [1.807, 2.05) is 25.1 Å². The molecular formula is C15H18N2O3. The van der Waals surface area contributed by atoms with Gasteiger partial charge in [0.25, 0.3) is 5.56 Å². The first-order valence-corrected chi connectivity index (χ1v) is 6.22. The SMILES string of the molecule is COc1ccc(Cn2cc(N)c(C)cc2=O)cc1OC. The lowest BCUT2D eigenvalue weighted by Gasteiger charge is -2.11. The Balaban J connectivity index is 2.35. The van der Waals surface area contributed by atoms with Crippen molar-refractivity contribution in [3.05, 3.63) is 51.9 Å². The van der Waals surface area contributed by atoms with Crippen LogP contribution in [-0.4, -0.2) is 18.8 Å². The van der Waals surface area contributed by atoms with Crippen LogP contribution in [0.25, 0.3) is 0 Å². The average molecular weight is 274 g/mol. The van der Waals surface area contributed by atoms with Crippen LogP contribution in [0.2, 0.25) is 0 Å². The van der Waals surface area contributed by atoms with Gasteiger partial charge in [-0.15, -0.1) is 0 Å². The number of aryl methyl sites for hydroxylation is 1. The molecule has 0 saturated heterocycles. The van der Waals surface area contributed by atoms with Gasteiger partial charge in [-0.05, 0) is 30.2 Å². The first-order chi connectivity index (χ1) is 9.55. The number of nitrogen functional groups attached to an aromatic ring is 1. The van der Waals surface area contributed by atoms with Crippen molar-refractivity contribution in [3.8, 4) is 11.5 Å². The van der Waals surface area contributed by atoms with Crippen LogP contribution in [-0.2, 0) is 6.54 Å². The summed E-state index contributed by atoms with van der Waals surface area (Å²) in [5.74, 6) is 1.30. The number of nitrogens with two attached hydrogens (primary N) is 1. The van der Waals surface area contributed by atoms with E-state index in [2.05, 4.69) is 0 Å². The van der Waals surface area contributed by atoms with E-state index in [1.165, 1.54) is 6.07 Å². The maximum absolute atomic E-state index is 11.9. The number of rotatable bonds is 4. The van der Waals surface area contributed by atoms with Crippen molar-refractivity contribution in [2.75, 3.05) is 20.0 Å². The Kier molecular flexibility index (Phi) is 3.98. The van der Waals surface area contributed by atoms with Gasteiger partial charge in [-0.1, -0.05) is 6.07 Å². The molecule has 0 fully saturated rings. The van der Waals surface area contributed by atoms with Gasteiger partial charge < -0.3 is 19.8 Å². The summed E-state index contributed by atoms with van der Waals surface area (Å²) in [5, 5.41) is 0. The highest BCUT2D eigenvalue weighted by molar-refractivity contribution is 5.45. The lowest BCUT2D eigenvalue weighted by atomic mass is 10.2. The molecular weight excluding hydrogens is 256 g/mol. The van der Waals surface area contributed by atoms with E-state index in [9.17, 15) is 4.79 Å². The molecule has 1 aromatic heterocycles. The van der Waals surface area contributed by atoms with Gasteiger partial charge in [0.15, 0.2) is 11.5 Å². The Labute approximate surface area is 117 Å². The van der Waals surface area contributed by atoms with Gasteiger partial charge in [0.2, 0.25) is 0 Å². The zero-order valence-electron chi connectivity index (χ0n) is 11.8. The minimum Gasteiger partial charge on any atom is -0.493 e. The van der Waals surface area contributed by atoms with Crippen LogP contribution in [0.4, 0.5) is 5.69 Å². The number of ether oxygens (including phenoxy) is 2. The van der Waals surface area contributed by atoms with Crippen molar-refractivity contribution >= 4 is 5.69 Å². The van der Waals surface area contributed by atoms with Gasteiger partial charge in [0.05, 0.1) is 26.5 Å². The van der Waals surface area contributed by atoms with Crippen molar-refractivity contribution < 1.29 is 9.47 Å². The molecule has 1 heterocycles. The predicted octanol–water partition coefficient (Wildman–Crippen LogP) is 1.80. The summed E-state index contributed by atoms with van der Waals surface area (Å²) < 4.78 is 12.0. The molecule has 0 bridgehead atoms. The van der Waals surface area contributed by atoms with Gasteiger partial charge in [-0.2, -0.15) is 0 Å². The standard InChI is InChI=1S/C15H18N2O3/c1-10-6-15(18)17(9-12(10)16)8-11-4-5-13(19-2)14(7-11)20-3/h4-7,9H,8,16H2,1-3H3. The monoisotopic (exact) mass is 274 g/mol. The molecule has 2 aromatic rings. The molecule has 2 rings (SSSR count). The van der Waals surface area contributed by atoms with Crippen molar-refractivity contribution in [2.24, 2.45) is 0 Å². The molecule has 1 aromatic carbocycles. The Morgan fingerprint density at radius 3 is 2.50 bits per heavy atom. The van der Waals surface area contributed by atoms with Crippen molar-refractivity contribution in [1.29, 1.82) is 0 Å². The molecule has 0 aliphatic heterocycles. The summed E-state index contributed by atoms with van der Waals surface area (Å²) in [4.78, 5) is 11.9. The van der Waals surface area contributed by atoms with Crippen LogP contribution in [0.1, 0.15) is 11.1 Å². The third-order valence-electron chi connectivity index (χ3n) is 3.17. The minimum atomic E-state index is -0.0773. The summed E-state index contributed by atoms with van der Waals surface area (Å²) in [6.07, 6.45) is 1.66. The molecule has 0 spiro atoms. The zero-order valence-corrected chi connectivity index (χ0v) is 11.8. The number of hydrogen-bond acceptors (Lipinski definition) is 4. The summed E-state index contributed by atoms with van der Waals surface area (Å²) in [7, 11) is 3.17. The van der Waals surface area contributed by atoms with Crippen LogP contribution >= 0.6 is 0 Å². The fourth-order valence-electron chi connectivity index (χ4n) is 1.98. The molecule has 0 amide bonds.